The molecule has 0 N–H and O–H groups in total. The highest BCUT2D eigenvalue weighted by molar-refractivity contribution is 5.82. The second-order valence-electron chi connectivity index (χ2n) is 5.63. The summed E-state index contributed by atoms with van der Waals surface area (Å²) in [5.41, 5.74) is 4.40. The van der Waals surface area contributed by atoms with Crippen molar-refractivity contribution in [1.29, 1.82) is 0 Å². The molecule has 1 fully saturated rings. The summed E-state index contributed by atoms with van der Waals surface area (Å²) in [7, 11) is 0. The smallest absolute Gasteiger partial charge is 0.306 e. The van der Waals surface area contributed by atoms with Gasteiger partial charge in [0, 0.05) is 12.1 Å². The molecule has 2 aromatic carbocycles. The monoisotopic (exact) mass is 277 g/mol. The molecule has 1 saturated heterocycles. The van der Waals surface area contributed by atoms with Gasteiger partial charge in [-0.3, -0.25) is 9.79 Å². The van der Waals surface area contributed by atoms with Gasteiger partial charge in [0.1, 0.15) is 6.10 Å². The zero-order valence-electron chi connectivity index (χ0n) is 11.5. The standard InChI is InChI=1S/C18H15NO2/c20-17-9-14-8-13-6-7-15(10-16(13)18(14)21-17)19-11-12-4-2-1-3-5-12/h1-7,10-11,14,18H,8-9H2/t14-,18+/m1/s1. The number of hydrogen-bond donors (Lipinski definition) is 0. The van der Waals surface area contributed by atoms with Gasteiger partial charge in [0.05, 0.1) is 12.1 Å². The maximum Gasteiger partial charge on any atom is 0.306 e. The average Bonchev–Trinajstić information content (AvgIpc) is 3.02. The second-order valence-corrected chi connectivity index (χ2v) is 5.63. The van der Waals surface area contributed by atoms with E-state index in [0.29, 0.717) is 12.3 Å². The molecule has 0 saturated carbocycles. The molecule has 4 rings (SSSR count). The zero-order valence-corrected chi connectivity index (χ0v) is 11.5. The molecule has 0 radical (unpaired) electrons. The van der Waals surface area contributed by atoms with E-state index in [9.17, 15) is 4.79 Å². The van der Waals surface area contributed by atoms with Gasteiger partial charge in [-0.2, -0.15) is 0 Å². The summed E-state index contributed by atoms with van der Waals surface area (Å²) in [4.78, 5) is 15.9. The average molecular weight is 277 g/mol. The number of benzene rings is 2. The van der Waals surface area contributed by atoms with Crippen LogP contribution in [0.5, 0.6) is 0 Å². The van der Waals surface area contributed by atoms with E-state index in [2.05, 4.69) is 17.1 Å². The molecular weight excluding hydrogens is 262 g/mol. The summed E-state index contributed by atoms with van der Waals surface area (Å²) in [5, 5.41) is 0. The first-order valence-corrected chi connectivity index (χ1v) is 7.21. The van der Waals surface area contributed by atoms with Crippen molar-refractivity contribution in [3.8, 4) is 0 Å². The van der Waals surface area contributed by atoms with E-state index in [1.54, 1.807) is 0 Å². The summed E-state index contributed by atoms with van der Waals surface area (Å²) >= 11 is 0. The number of aliphatic imine (C=N–C) groups is 1. The maximum atomic E-state index is 11.4. The van der Waals surface area contributed by atoms with Gasteiger partial charge in [-0.25, -0.2) is 0 Å². The summed E-state index contributed by atoms with van der Waals surface area (Å²) < 4.78 is 5.44. The Labute approximate surface area is 123 Å². The van der Waals surface area contributed by atoms with Crippen molar-refractivity contribution in [2.24, 2.45) is 10.9 Å². The molecule has 1 aliphatic heterocycles. The van der Waals surface area contributed by atoms with Crippen LogP contribution in [-0.4, -0.2) is 12.2 Å². The molecule has 1 aliphatic carbocycles. The molecule has 0 aromatic heterocycles. The highest BCUT2D eigenvalue weighted by atomic mass is 16.6. The Kier molecular flexibility index (Phi) is 2.85. The third-order valence-electron chi connectivity index (χ3n) is 4.20. The number of carbonyl (C=O) groups is 1. The molecule has 2 atom stereocenters. The topological polar surface area (TPSA) is 38.7 Å². The summed E-state index contributed by atoms with van der Waals surface area (Å²) in [5.74, 6) is 0.245. The van der Waals surface area contributed by atoms with Gasteiger partial charge in [-0.1, -0.05) is 36.4 Å². The Balaban J connectivity index is 1.62. The fourth-order valence-corrected chi connectivity index (χ4v) is 3.19. The van der Waals surface area contributed by atoms with E-state index < -0.39 is 0 Å². The van der Waals surface area contributed by atoms with Gasteiger partial charge in [-0.05, 0) is 35.2 Å². The zero-order chi connectivity index (χ0) is 14.2. The lowest BCUT2D eigenvalue weighted by atomic mass is 10.0. The van der Waals surface area contributed by atoms with E-state index in [4.69, 9.17) is 4.74 Å². The van der Waals surface area contributed by atoms with Crippen molar-refractivity contribution in [1.82, 2.24) is 0 Å². The van der Waals surface area contributed by atoms with Crippen LogP contribution < -0.4 is 0 Å². The van der Waals surface area contributed by atoms with Gasteiger partial charge in [-0.15, -0.1) is 0 Å². The molecule has 2 aliphatic rings. The normalized spacial score (nSPS) is 23.1. The Morgan fingerprint density at radius 1 is 1.10 bits per heavy atom. The number of rotatable bonds is 2. The highest BCUT2D eigenvalue weighted by Crippen LogP contribution is 2.46. The predicted molar refractivity (Wildman–Crippen MR) is 80.8 cm³/mol. The van der Waals surface area contributed by atoms with Crippen LogP contribution in [0.25, 0.3) is 0 Å². The quantitative estimate of drug-likeness (QED) is 0.621. The highest BCUT2D eigenvalue weighted by Gasteiger charge is 2.41. The van der Waals surface area contributed by atoms with Crippen LogP contribution in [0.3, 0.4) is 0 Å². The van der Waals surface area contributed by atoms with Gasteiger partial charge in [0.15, 0.2) is 0 Å². The Morgan fingerprint density at radius 3 is 2.81 bits per heavy atom. The van der Waals surface area contributed by atoms with Gasteiger partial charge in [0.25, 0.3) is 0 Å². The van der Waals surface area contributed by atoms with Gasteiger partial charge >= 0.3 is 5.97 Å². The van der Waals surface area contributed by atoms with Crippen molar-refractivity contribution in [3.05, 3.63) is 65.2 Å². The summed E-state index contributed by atoms with van der Waals surface area (Å²) in [6.07, 6.45) is 3.28. The Bertz CT molecular complexity index is 721. The predicted octanol–water partition coefficient (Wildman–Crippen LogP) is 3.60. The van der Waals surface area contributed by atoms with E-state index in [-0.39, 0.29) is 12.1 Å². The van der Waals surface area contributed by atoms with E-state index in [1.807, 2.05) is 42.6 Å². The van der Waals surface area contributed by atoms with Crippen molar-refractivity contribution >= 4 is 17.9 Å². The lowest BCUT2D eigenvalue weighted by molar-refractivity contribution is -0.141. The fourth-order valence-electron chi connectivity index (χ4n) is 3.19. The van der Waals surface area contributed by atoms with Crippen molar-refractivity contribution in [2.75, 3.05) is 0 Å². The number of hydrogen-bond acceptors (Lipinski definition) is 3. The molecule has 2 aromatic rings. The molecular formula is C18H15NO2. The van der Waals surface area contributed by atoms with Crippen LogP contribution in [0.4, 0.5) is 5.69 Å². The first-order chi connectivity index (χ1) is 10.3. The number of esters is 1. The molecule has 0 spiro atoms. The third kappa shape index (κ3) is 2.25. The minimum atomic E-state index is -0.0751. The molecule has 1 heterocycles. The second kappa shape index (κ2) is 4.85. The first-order valence-electron chi connectivity index (χ1n) is 7.21. The van der Waals surface area contributed by atoms with Crippen LogP contribution in [-0.2, 0) is 16.0 Å². The molecule has 3 nitrogen and oxygen atoms in total. The number of carbonyl (C=O) groups excluding carboxylic acids is 1. The lowest BCUT2D eigenvalue weighted by Gasteiger charge is -2.09. The number of ether oxygens (including phenoxy) is 1. The SMILES string of the molecule is O=C1C[C@H]2Cc3ccc(N=Cc4ccccc4)cc3[C@H]2O1. The summed E-state index contributed by atoms with van der Waals surface area (Å²) in [6, 6.07) is 16.2. The molecule has 0 amide bonds. The molecule has 21 heavy (non-hydrogen) atoms. The van der Waals surface area contributed by atoms with Crippen LogP contribution in [0, 0.1) is 5.92 Å². The van der Waals surface area contributed by atoms with Crippen LogP contribution in [0.15, 0.2) is 53.5 Å². The van der Waals surface area contributed by atoms with Crippen LogP contribution in [0.2, 0.25) is 0 Å². The van der Waals surface area contributed by atoms with Gasteiger partial charge in [0.2, 0.25) is 0 Å². The largest absolute Gasteiger partial charge is 0.457 e. The van der Waals surface area contributed by atoms with Crippen molar-refractivity contribution in [2.45, 2.75) is 18.9 Å². The molecule has 0 bridgehead atoms. The summed E-state index contributed by atoms with van der Waals surface area (Å²) in [6.45, 7) is 0. The van der Waals surface area contributed by atoms with Crippen molar-refractivity contribution in [3.63, 3.8) is 0 Å². The lowest BCUT2D eigenvalue weighted by Crippen LogP contribution is -1.99. The number of fused-ring (bicyclic) bond motifs is 3. The van der Waals surface area contributed by atoms with E-state index in [1.165, 1.54) is 5.56 Å². The molecule has 104 valence electrons. The first kappa shape index (κ1) is 12.3. The van der Waals surface area contributed by atoms with Gasteiger partial charge < -0.3 is 4.74 Å². The maximum absolute atomic E-state index is 11.4. The van der Waals surface area contributed by atoms with Crippen molar-refractivity contribution < 1.29 is 9.53 Å². The van der Waals surface area contributed by atoms with E-state index >= 15 is 0 Å². The Hall–Kier alpha value is -2.42. The van der Waals surface area contributed by atoms with Crippen LogP contribution >= 0.6 is 0 Å². The van der Waals surface area contributed by atoms with E-state index in [0.717, 1.165) is 23.2 Å². The third-order valence-corrected chi connectivity index (χ3v) is 4.20. The molecule has 3 heteroatoms. The Morgan fingerprint density at radius 2 is 1.95 bits per heavy atom. The fraction of sp³-hybridized carbons (Fsp3) is 0.222. The van der Waals surface area contributed by atoms with Crippen LogP contribution in [0.1, 0.15) is 29.2 Å². The minimum absolute atomic E-state index is 0.0561. The minimum Gasteiger partial charge on any atom is -0.457 e. The number of nitrogens with zero attached hydrogens (tertiary/aromatic N) is 1. The molecule has 0 unspecified atom stereocenters.